The van der Waals surface area contributed by atoms with E-state index >= 15 is 0 Å². The minimum atomic E-state index is -3.51. The van der Waals surface area contributed by atoms with E-state index in [9.17, 15) is 13.2 Å². The van der Waals surface area contributed by atoms with Crippen LogP contribution in [0.15, 0.2) is 10.6 Å². The maximum Gasteiger partial charge on any atom is 0.282 e. The van der Waals surface area contributed by atoms with Crippen LogP contribution in [0.4, 0.5) is 0 Å². The number of ketones is 1. The summed E-state index contributed by atoms with van der Waals surface area (Å²) in [7, 11) is -3.51. The third-order valence-corrected chi connectivity index (χ3v) is 8.73. The lowest BCUT2D eigenvalue weighted by molar-refractivity contribution is 0.0919. The van der Waals surface area contributed by atoms with Gasteiger partial charge < -0.3 is 9.84 Å². The van der Waals surface area contributed by atoms with Crippen LogP contribution in [0.5, 0.6) is 0 Å². The Labute approximate surface area is 173 Å². The number of piperazine rings is 1. The number of nitrogens with zero attached hydrogens (tertiary/aromatic N) is 3. The normalized spacial score (nSPS) is 32.4. The molecule has 0 aromatic carbocycles. The van der Waals surface area contributed by atoms with Crippen LogP contribution >= 0.6 is 0 Å². The van der Waals surface area contributed by atoms with Gasteiger partial charge in [-0.05, 0) is 52.4 Å². The van der Waals surface area contributed by atoms with Crippen molar-refractivity contribution in [1.29, 1.82) is 0 Å². The van der Waals surface area contributed by atoms with E-state index in [2.05, 4.69) is 10.5 Å². The van der Waals surface area contributed by atoms with Gasteiger partial charge in [0.2, 0.25) is 0 Å². The Hall–Kier alpha value is -1.29. The summed E-state index contributed by atoms with van der Waals surface area (Å²) >= 11 is 0. The van der Waals surface area contributed by atoms with Crippen molar-refractivity contribution in [3.05, 3.63) is 17.5 Å². The van der Waals surface area contributed by atoms with Crippen molar-refractivity contribution in [3.8, 4) is 0 Å². The quantitative estimate of drug-likeness (QED) is 0.703. The summed E-state index contributed by atoms with van der Waals surface area (Å²) in [5.74, 6) is 1.43. The zero-order valence-corrected chi connectivity index (χ0v) is 18.3. The van der Waals surface area contributed by atoms with Gasteiger partial charge >= 0.3 is 0 Å². The maximum absolute atomic E-state index is 13.3. The van der Waals surface area contributed by atoms with Gasteiger partial charge in [0.15, 0.2) is 5.78 Å². The van der Waals surface area contributed by atoms with Gasteiger partial charge in [0.1, 0.15) is 11.5 Å². The summed E-state index contributed by atoms with van der Waals surface area (Å²) in [5, 5.41) is 7.28. The number of carbonyl (C=O) groups is 1. The molecule has 2 saturated heterocycles. The number of Topliss-reactive ketones (excluding diaryl/α,β-unsaturated/α-hetero) is 1. The molecule has 9 heteroatoms. The summed E-state index contributed by atoms with van der Waals surface area (Å²) in [6.45, 7) is 7.52. The Bertz CT molecular complexity index is 850. The smallest absolute Gasteiger partial charge is 0.282 e. The van der Waals surface area contributed by atoms with Gasteiger partial charge in [0.05, 0.1) is 0 Å². The van der Waals surface area contributed by atoms with Crippen molar-refractivity contribution in [3.63, 3.8) is 0 Å². The number of aromatic nitrogens is 1. The summed E-state index contributed by atoms with van der Waals surface area (Å²) in [6.07, 6.45) is 4.00. The minimum absolute atomic E-state index is 0.00120. The highest BCUT2D eigenvalue weighted by molar-refractivity contribution is 7.86. The first-order valence-corrected chi connectivity index (χ1v) is 12.2. The molecule has 0 amide bonds. The lowest BCUT2D eigenvalue weighted by atomic mass is 9.88. The van der Waals surface area contributed by atoms with Crippen molar-refractivity contribution < 1.29 is 17.7 Å². The summed E-state index contributed by atoms with van der Waals surface area (Å²) in [5.41, 5.74) is 0.415. The van der Waals surface area contributed by atoms with Crippen LogP contribution in [0.2, 0.25) is 0 Å². The number of hydrogen-bond acceptors (Lipinski definition) is 6. The molecule has 0 unspecified atom stereocenters. The van der Waals surface area contributed by atoms with Crippen molar-refractivity contribution >= 4 is 16.0 Å². The molecule has 4 rings (SSSR count). The zero-order valence-electron chi connectivity index (χ0n) is 17.5. The molecule has 0 spiro atoms. The summed E-state index contributed by atoms with van der Waals surface area (Å²) in [6, 6.07) is 1.75. The third-order valence-electron chi connectivity index (χ3n) is 6.49. The van der Waals surface area contributed by atoms with E-state index in [1.165, 1.54) is 0 Å². The van der Waals surface area contributed by atoms with E-state index in [4.69, 9.17) is 4.52 Å². The Morgan fingerprint density at radius 3 is 2.66 bits per heavy atom. The fourth-order valence-corrected chi connectivity index (χ4v) is 6.66. The van der Waals surface area contributed by atoms with Gasteiger partial charge in [0, 0.05) is 56.2 Å². The fourth-order valence-electron chi connectivity index (χ4n) is 4.57. The first kappa shape index (κ1) is 21.0. The van der Waals surface area contributed by atoms with Crippen LogP contribution in [-0.4, -0.2) is 65.7 Å². The van der Waals surface area contributed by atoms with E-state index in [1.807, 2.05) is 20.8 Å². The van der Waals surface area contributed by atoms with Gasteiger partial charge in [-0.2, -0.15) is 17.0 Å². The van der Waals surface area contributed by atoms with Gasteiger partial charge in [-0.1, -0.05) is 5.16 Å². The van der Waals surface area contributed by atoms with Crippen LogP contribution < -0.4 is 5.32 Å². The average molecular weight is 425 g/mol. The molecule has 1 aliphatic carbocycles. The standard InChI is InChI=1S/C20H32N4O4S/c1-13-12-24(15(3)11-21-13)29(26,27)23-7-6-16(8-14(23)2)9-19(25)18-10-20(28-22-18)17-4-5-17/h10,13-17,21H,4-9,11-12H2,1-3H3/t13-,14-,15-,16-/m0/s1. The monoisotopic (exact) mass is 424 g/mol. The van der Waals surface area contributed by atoms with Gasteiger partial charge in [0.25, 0.3) is 10.2 Å². The van der Waals surface area contributed by atoms with Crippen molar-refractivity contribution in [2.24, 2.45) is 5.92 Å². The highest BCUT2D eigenvalue weighted by atomic mass is 32.2. The zero-order chi connectivity index (χ0) is 20.8. The van der Waals surface area contributed by atoms with E-state index < -0.39 is 10.2 Å². The summed E-state index contributed by atoms with van der Waals surface area (Å²) in [4.78, 5) is 12.6. The molecule has 1 N–H and O–H groups in total. The number of carbonyl (C=O) groups excluding carboxylic acids is 1. The van der Waals surface area contributed by atoms with Gasteiger partial charge in [-0.3, -0.25) is 4.79 Å². The fraction of sp³-hybridized carbons (Fsp3) is 0.800. The maximum atomic E-state index is 13.3. The molecule has 0 bridgehead atoms. The van der Waals surface area contributed by atoms with Crippen LogP contribution in [-0.2, 0) is 10.2 Å². The molecule has 1 aromatic rings. The van der Waals surface area contributed by atoms with E-state index in [1.54, 1.807) is 14.7 Å². The first-order chi connectivity index (χ1) is 13.8. The predicted octanol–water partition coefficient (Wildman–Crippen LogP) is 2.15. The topological polar surface area (TPSA) is 95.8 Å². The summed E-state index contributed by atoms with van der Waals surface area (Å²) < 4.78 is 35.1. The Morgan fingerprint density at radius 1 is 1.21 bits per heavy atom. The second-order valence-electron chi connectivity index (χ2n) is 9.10. The molecule has 3 fully saturated rings. The second-order valence-corrected chi connectivity index (χ2v) is 10.9. The molecule has 1 saturated carbocycles. The molecular formula is C20H32N4O4S. The molecule has 1 aromatic heterocycles. The van der Waals surface area contributed by atoms with Crippen molar-refractivity contribution in [2.45, 2.75) is 76.9 Å². The highest BCUT2D eigenvalue weighted by Gasteiger charge is 2.41. The highest BCUT2D eigenvalue weighted by Crippen LogP contribution is 2.40. The number of hydrogen-bond donors (Lipinski definition) is 1. The molecule has 8 nitrogen and oxygen atoms in total. The Balaban J connectivity index is 1.36. The largest absolute Gasteiger partial charge is 0.360 e. The molecule has 2 aliphatic heterocycles. The van der Waals surface area contributed by atoms with Gasteiger partial charge in [-0.15, -0.1) is 0 Å². The Morgan fingerprint density at radius 2 is 1.97 bits per heavy atom. The number of piperidine rings is 1. The van der Waals surface area contributed by atoms with E-state index in [0.717, 1.165) is 18.6 Å². The average Bonchev–Trinajstić information content (AvgIpc) is 3.40. The number of nitrogens with one attached hydrogen (secondary N) is 1. The van der Waals surface area contributed by atoms with Crippen LogP contribution in [0.1, 0.15) is 75.0 Å². The van der Waals surface area contributed by atoms with Crippen molar-refractivity contribution in [1.82, 2.24) is 19.1 Å². The van der Waals surface area contributed by atoms with E-state index in [0.29, 0.717) is 50.5 Å². The van der Waals surface area contributed by atoms with E-state index in [-0.39, 0.29) is 29.8 Å². The lowest BCUT2D eigenvalue weighted by Gasteiger charge is -2.43. The third kappa shape index (κ3) is 4.42. The van der Waals surface area contributed by atoms with Crippen LogP contribution in [0.25, 0.3) is 0 Å². The van der Waals surface area contributed by atoms with Gasteiger partial charge in [-0.25, -0.2) is 0 Å². The van der Waals surface area contributed by atoms with Crippen LogP contribution in [0.3, 0.4) is 0 Å². The number of rotatable bonds is 6. The Kier molecular flexibility index (Phi) is 5.85. The van der Waals surface area contributed by atoms with Crippen LogP contribution in [0, 0.1) is 5.92 Å². The molecule has 29 heavy (non-hydrogen) atoms. The van der Waals surface area contributed by atoms with Crippen molar-refractivity contribution in [2.75, 3.05) is 19.6 Å². The second kappa shape index (κ2) is 8.09. The SMILES string of the molecule is C[C@H]1CN(S(=O)(=O)N2CC[C@H](CC(=O)c3cc(C4CC4)on3)C[C@@H]2C)[C@@H](C)CN1. The predicted molar refractivity (Wildman–Crippen MR) is 109 cm³/mol. The minimum Gasteiger partial charge on any atom is -0.360 e. The molecule has 3 heterocycles. The molecule has 0 radical (unpaired) electrons. The molecule has 3 aliphatic rings. The lowest BCUT2D eigenvalue weighted by Crippen LogP contribution is -2.61. The molecule has 162 valence electrons. The molecule has 4 atom stereocenters. The molecular weight excluding hydrogens is 392 g/mol. The first-order valence-electron chi connectivity index (χ1n) is 10.8.